The van der Waals surface area contributed by atoms with Gasteiger partial charge in [0, 0.05) is 11.0 Å². The Kier molecular flexibility index (Phi) is 8.08. The van der Waals surface area contributed by atoms with Gasteiger partial charge in [-0.3, -0.25) is 14.4 Å². The van der Waals surface area contributed by atoms with Gasteiger partial charge in [-0.05, 0) is 54.4 Å². The van der Waals surface area contributed by atoms with Gasteiger partial charge in [0.1, 0.15) is 29.5 Å². The van der Waals surface area contributed by atoms with Gasteiger partial charge in [0.25, 0.3) is 0 Å². The van der Waals surface area contributed by atoms with Gasteiger partial charge >= 0.3 is 0 Å². The fraction of sp³-hybridized carbons (Fsp3) is 0.222. The first kappa shape index (κ1) is 26.2. The summed E-state index contributed by atoms with van der Waals surface area (Å²) in [6.45, 7) is 1.47. The normalized spacial score (nSPS) is 17.6. The van der Waals surface area contributed by atoms with Gasteiger partial charge in [0.2, 0.25) is 17.7 Å². The molecule has 0 radical (unpaired) electrons. The average Bonchev–Trinajstić information content (AvgIpc) is 2.99. The van der Waals surface area contributed by atoms with E-state index in [0.717, 1.165) is 22.6 Å². The van der Waals surface area contributed by atoms with Crippen molar-refractivity contribution in [2.45, 2.75) is 35.6 Å². The van der Waals surface area contributed by atoms with Crippen LogP contribution in [0.15, 0.2) is 71.6 Å². The lowest BCUT2D eigenvalue weighted by molar-refractivity contribution is -0.130. The number of para-hydroxylation sites is 1. The molecule has 3 aromatic carbocycles. The molecule has 0 fully saturated rings. The summed E-state index contributed by atoms with van der Waals surface area (Å²) in [6, 6.07) is 15.4. The molecule has 3 aromatic rings. The summed E-state index contributed by atoms with van der Waals surface area (Å²) in [5.41, 5.74) is 1.57. The molecule has 0 aromatic heterocycles. The molecule has 3 atom stereocenters. The highest BCUT2D eigenvalue weighted by molar-refractivity contribution is 7.99. The number of carbonyl (C=O) groups is 3. The van der Waals surface area contributed by atoms with Crippen LogP contribution in [0.4, 0.5) is 14.5 Å². The van der Waals surface area contributed by atoms with Gasteiger partial charge in [-0.25, -0.2) is 8.78 Å². The molecule has 0 bridgehead atoms. The largest absolute Gasteiger partial charge is 0.497 e. The minimum atomic E-state index is -1.01. The Morgan fingerprint density at radius 3 is 2.41 bits per heavy atom. The number of fused-ring (bicyclic) bond motifs is 1. The van der Waals surface area contributed by atoms with E-state index in [1.54, 1.807) is 25.3 Å². The van der Waals surface area contributed by atoms with E-state index in [-0.39, 0.29) is 12.0 Å². The second kappa shape index (κ2) is 11.4. The van der Waals surface area contributed by atoms with Crippen molar-refractivity contribution >= 4 is 35.2 Å². The molecule has 10 heteroatoms. The summed E-state index contributed by atoms with van der Waals surface area (Å²) in [5.74, 6) is -2.51. The van der Waals surface area contributed by atoms with Gasteiger partial charge in [0.05, 0.1) is 24.5 Å². The maximum Gasteiger partial charge on any atom is 0.248 e. The lowest BCUT2D eigenvalue weighted by Gasteiger charge is -2.26. The van der Waals surface area contributed by atoms with E-state index in [1.807, 2.05) is 30.3 Å². The highest BCUT2D eigenvalue weighted by atomic mass is 32.2. The molecular formula is C27H25F2N3O4S. The number of ether oxygens (including phenoxy) is 1. The maximum atomic E-state index is 13.4. The second-order valence-electron chi connectivity index (χ2n) is 8.53. The number of nitrogens with one attached hydrogen (secondary N) is 3. The predicted octanol–water partition coefficient (Wildman–Crippen LogP) is 3.99. The third kappa shape index (κ3) is 6.45. The third-order valence-corrected chi connectivity index (χ3v) is 7.19. The first-order valence-corrected chi connectivity index (χ1v) is 12.4. The molecule has 7 nitrogen and oxygen atoms in total. The Labute approximate surface area is 217 Å². The molecule has 1 aliphatic heterocycles. The van der Waals surface area contributed by atoms with Crippen molar-refractivity contribution in [2.24, 2.45) is 0 Å². The number of anilines is 1. The summed E-state index contributed by atoms with van der Waals surface area (Å²) in [6.07, 6.45) is -0.310. The standard InChI is InChI=1S/C27H25F2N3O4S/c1-15(30-23(33)13-16-11-18(28)14-19(29)12-16)26(34)32-24-25(17-7-9-20(36-2)10-8-17)37-22-6-4-3-5-21(22)31-27(24)35/h3-12,14-15,24-25H,13H2,1-2H3,(H,30,33)(H,31,35)(H,32,34)/t15-,24+,25+/m0/s1. The van der Waals surface area contributed by atoms with E-state index < -0.39 is 46.7 Å². The number of hydrogen-bond acceptors (Lipinski definition) is 5. The van der Waals surface area contributed by atoms with Crippen LogP contribution in [0.3, 0.4) is 0 Å². The van der Waals surface area contributed by atoms with Gasteiger partial charge in [-0.1, -0.05) is 24.3 Å². The van der Waals surface area contributed by atoms with E-state index in [9.17, 15) is 23.2 Å². The number of amides is 3. The first-order valence-electron chi connectivity index (χ1n) is 11.5. The molecule has 1 aliphatic rings. The number of rotatable bonds is 7. The highest BCUT2D eigenvalue weighted by Gasteiger charge is 2.36. The minimum absolute atomic E-state index is 0.138. The van der Waals surface area contributed by atoms with Crippen LogP contribution in [0.25, 0.3) is 0 Å². The van der Waals surface area contributed by atoms with Crippen LogP contribution in [0.5, 0.6) is 5.75 Å². The average molecular weight is 526 g/mol. The van der Waals surface area contributed by atoms with Crippen LogP contribution in [0.1, 0.15) is 23.3 Å². The number of thioether (sulfide) groups is 1. The van der Waals surface area contributed by atoms with Crippen LogP contribution in [0.2, 0.25) is 0 Å². The molecule has 0 aliphatic carbocycles. The predicted molar refractivity (Wildman–Crippen MR) is 136 cm³/mol. The summed E-state index contributed by atoms with van der Waals surface area (Å²) in [7, 11) is 1.56. The quantitative estimate of drug-likeness (QED) is 0.434. The molecule has 4 rings (SSSR count). The SMILES string of the molecule is COc1ccc([C@H]2Sc3ccccc3NC(=O)[C@@H]2NC(=O)[C@H](C)NC(=O)Cc2cc(F)cc(F)c2)cc1. The van der Waals surface area contributed by atoms with Crippen molar-refractivity contribution in [1.82, 2.24) is 10.6 Å². The van der Waals surface area contributed by atoms with Crippen molar-refractivity contribution in [1.29, 1.82) is 0 Å². The van der Waals surface area contributed by atoms with Gasteiger partial charge in [0.15, 0.2) is 0 Å². The maximum absolute atomic E-state index is 13.4. The molecule has 37 heavy (non-hydrogen) atoms. The zero-order valence-corrected chi connectivity index (χ0v) is 20.9. The van der Waals surface area contributed by atoms with E-state index in [4.69, 9.17) is 4.74 Å². The molecule has 0 spiro atoms. The Balaban J connectivity index is 1.51. The number of halogens is 2. The lowest BCUT2D eigenvalue weighted by Crippen LogP contribution is -2.53. The molecule has 0 unspecified atom stereocenters. The number of benzene rings is 3. The molecule has 1 heterocycles. The van der Waals surface area contributed by atoms with Crippen LogP contribution in [0, 0.1) is 11.6 Å². The van der Waals surface area contributed by atoms with Crippen molar-refractivity contribution in [2.75, 3.05) is 12.4 Å². The lowest BCUT2D eigenvalue weighted by atomic mass is 10.0. The number of carbonyl (C=O) groups excluding carboxylic acids is 3. The van der Waals surface area contributed by atoms with Crippen molar-refractivity contribution in [3.05, 3.63) is 89.5 Å². The van der Waals surface area contributed by atoms with Crippen LogP contribution in [-0.2, 0) is 20.8 Å². The Morgan fingerprint density at radius 1 is 1.05 bits per heavy atom. The smallest absolute Gasteiger partial charge is 0.248 e. The monoisotopic (exact) mass is 525 g/mol. The topological polar surface area (TPSA) is 96.5 Å². The highest BCUT2D eigenvalue weighted by Crippen LogP contribution is 2.44. The van der Waals surface area contributed by atoms with Crippen molar-refractivity contribution in [3.63, 3.8) is 0 Å². The number of methoxy groups -OCH3 is 1. The number of hydrogen-bond donors (Lipinski definition) is 3. The molecule has 0 saturated carbocycles. The molecular weight excluding hydrogens is 500 g/mol. The second-order valence-corrected chi connectivity index (χ2v) is 9.71. The fourth-order valence-corrected chi connectivity index (χ4v) is 5.25. The van der Waals surface area contributed by atoms with Crippen molar-refractivity contribution < 1.29 is 27.9 Å². The van der Waals surface area contributed by atoms with Gasteiger partial charge in [-0.15, -0.1) is 11.8 Å². The van der Waals surface area contributed by atoms with Crippen molar-refractivity contribution in [3.8, 4) is 5.75 Å². The minimum Gasteiger partial charge on any atom is -0.497 e. The fourth-order valence-electron chi connectivity index (χ4n) is 3.96. The molecule has 3 amide bonds. The summed E-state index contributed by atoms with van der Waals surface area (Å²) in [4.78, 5) is 39.6. The van der Waals surface area contributed by atoms with Crippen LogP contribution in [-0.4, -0.2) is 36.9 Å². The Hall–Kier alpha value is -3.92. The van der Waals surface area contributed by atoms with Crippen LogP contribution >= 0.6 is 11.8 Å². The molecule has 3 N–H and O–H groups in total. The molecule has 0 saturated heterocycles. The van der Waals surface area contributed by atoms with E-state index in [2.05, 4.69) is 16.0 Å². The summed E-state index contributed by atoms with van der Waals surface area (Å²) < 4.78 is 32.1. The van der Waals surface area contributed by atoms with E-state index >= 15 is 0 Å². The summed E-state index contributed by atoms with van der Waals surface area (Å²) in [5, 5.41) is 7.68. The Morgan fingerprint density at radius 2 is 1.73 bits per heavy atom. The zero-order valence-electron chi connectivity index (χ0n) is 20.1. The molecule has 192 valence electrons. The zero-order chi connectivity index (χ0) is 26.5. The van der Waals surface area contributed by atoms with E-state index in [1.165, 1.54) is 18.7 Å². The first-order chi connectivity index (χ1) is 17.7. The van der Waals surface area contributed by atoms with Gasteiger partial charge < -0.3 is 20.7 Å². The van der Waals surface area contributed by atoms with E-state index in [0.29, 0.717) is 17.5 Å². The summed E-state index contributed by atoms with van der Waals surface area (Å²) >= 11 is 1.43. The third-order valence-electron chi connectivity index (χ3n) is 5.78. The van der Waals surface area contributed by atoms with Crippen LogP contribution < -0.4 is 20.7 Å². The Bertz CT molecular complexity index is 1300. The van der Waals surface area contributed by atoms with Gasteiger partial charge in [-0.2, -0.15) is 0 Å².